The maximum Gasteiger partial charge on any atom is 0.451 e. The Balaban J connectivity index is 2.34. The molecule has 1 aromatic heterocycles. The zero-order valence-electron chi connectivity index (χ0n) is 10.4. The van der Waals surface area contributed by atoms with E-state index in [0.717, 1.165) is 0 Å². The number of hydrogen-bond acceptors (Lipinski definition) is 5. The van der Waals surface area contributed by atoms with Crippen LogP contribution in [0.25, 0.3) is 0 Å². The van der Waals surface area contributed by atoms with Crippen molar-refractivity contribution in [1.82, 2.24) is 9.97 Å². The van der Waals surface area contributed by atoms with Gasteiger partial charge in [-0.05, 0) is 13.3 Å². The topological polar surface area (TPSA) is 61.3 Å². The van der Waals surface area contributed by atoms with Gasteiger partial charge in [-0.15, -0.1) is 0 Å². The summed E-state index contributed by atoms with van der Waals surface area (Å²) in [6.07, 6.45) is -4.58. The van der Waals surface area contributed by atoms with E-state index >= 15 is 0 Å². The molecule has 1 aliphatic heterocycles. The lowest BCUT2D eigenvalue weighted by Gasteiger charge is -2.19. The fraction of sp³-hybridized carbons (Fsp3) is 0.636. The number of halogens is 3. The zero-order chi connectivity index (χ0) is 14.0. The lowest BCUT2D eigenvalue weighted by molar-refractivity contribution is -0.144. The summed E-state index contributed by atoms with van der Waals surface area (Å²) in [6.45, 7) is 3.02. The summed E-state index contributed by atoms with van der Waals surface area (Å²) in [7, 11) is 0. The molecule has 0 bridgehead atoms. The second kappa shape index (κ2) is 5.20. The van der Waals surface area contributed by atoms with Crippen molar-refractivity contribution in [3.8, 4) is 0 Å². The van der Waals surface area contributed by atoms with Gasteiger partial charge in [0.2, 0.25) is 5.82 Å². The molecule has 2 N–H and O–H groups in total. The Hall–Kier alpha value is -1.57. The van der Waals surface area contributed by atoms with Gasteiger partial charge in [0.1, 0.15) is 11.6 Å². The highest BCUT2D eigenvalue weighted by Crippen LogP contribution is 2.30. The lowest BCUT2D eigenvalue weighted by atomic mass is 10.3. The van der Waals surface area contributed by atoms with E-state index in [-0.39, 0.29) is 11.6 Å². The van der Waals surface area contributed by atoms with Crippen LogP contribution in [0, 0.1) is 0 Å². The first kappa shape index (κ1) is 13.9. The number of aromatic nitrogens is 2. The average molecular weight is 276 g/mol. The van der Waals surface area contributed by atoms with E-state index in [0.29, 0.717) is 26.1 Å². The monoisotopic (exact) mass is 276 g/mol. The molecule has 2 heterocycles. The van der Waals surface area contributed by atoms with E-state index in [1.54, 1.807) is 11.8 Å². The highest BCUT2D eigenvalue weighted by Gasteiger charge is 2.36. The van der Waals surface area contributed by atoms with E-state index in [4.69, 9.17) is 0 Å². The SMILES string of the molecule is CCNc1cc(N2CCC(O)C2)nc(C(F)(F)F)n1. The molecule has 8 heteroatoms. The summed E-state index contributed by atoms with van der Waals surface area (Å²) in [5.74, 6) is -0.835. The molecular formula is C11H15F3N4O. The van der Waals surface area contributed by atoms with Crippen molar-refractivity contribution in [1.29, 1.82) is 0 Å². The highest BCUT2D eigenvalue weighted by molar-refractivity contribution is 5.50. The molecule has 0 spiro atoms. The predicted molar refractivity (Wildman–Crippen MR) is 64.0 cm³/mol. The number of hydrogen-bond donors (Lipinski definition) is 2. The van der Waals surface area contributed by atoms with E-state index < -0.39 is 18.1 Å². The van der Waals surface area contributed by atoms with Crippen molar-refractivity contribution in [3.63, 3.8) is 0 Å². The first-order valence-electron chi connectivity index (χ1n) is 6.03. The van der Waals surface area contributed by atoms with E-state index in [1.165, 1.54) is 6.07 Å². The summed E-state index contributed by atoms with van der Waals surface area (Å²) in [4.78, 5) is 8.62. The van der Waals surface area contributed by atoms with Crippen LogP contribution in [0.5, 0.6) is 0 Å². The Morgan fingerprint density at radius 2 is 2.21 bits per heavy atom. The van der Waals surface area contributed by atoms with Crippen molar-refractivity contribution < 1.29 is 18.3 Å². The van der Waals surface area contributed by atoms with E-state index in [2.05, 4.69) is 15.3 Å². The minimum Gasteiger partial charge on any atom is -0.391 e. The van der Waals surface area contributed by atoms with Crippen molar-refractivity contribution in [2.75, 3.05) is 29.9 Å². The summed E-state index contributed by atoms with van der Waals surface area (Å²) in [5, 5.41) is 12.2. The molecule has 1 unspecified atom stereocenters. The maximum absolute atomic E-state index is 12.7. The van der Waals surface area contributed by atoms with Gasteiger partial charge in [-0.25, -0.2) is 9.97 Å². The molecule has 1 aromatic rings. The van der Waals surface area contributed by atoms with Crippen LogP contribution in [0.4, 0.5) is 24.8 Å². The third kappa shape index (κ3) is 3.25. The van der Waals surface area contributed by atoms with Crippen LogP contribution >= 0.6 is 0 Å². The van der Waals surface area contributed by atoms with Crippen LogP contribution in [0.3, 0.4) is 0 Å². The Kier molecular flexibility index (Phi) is 3.79. The summed E-state index contributed by atoms with van der Waals surface area (Å²) in [5.41, 5.74) is 0. The zero-order valence-corrected chi connectivity index (χ0v) is 10.4. The standard InChI is InChI=1S/C11H15F3N4O/c1-2-15-8-5-9(18-4-3-7(19)6-18)17-10(16-8)11(12,13)14/h5,7,19H,2-4,6H2,1H3,(H,15,16,17). The molecule has 1 saturated heterocycles. The molecule has 2 rings (SSSR count). The average Bonchev–Trinajstić information content (AvgIpc) is 2.75. The molecule has 1 aliphatic rings. The number of anilines is 2. The third-order valence-corrected chi connectivity index (χ3v) is 2.81. The largest absolute Gasteiger partial charge is 0.451 e. The van der Waals surface area contributed by atoms with Crippen LogP contribution in [0.15, 0.2) is 6.07 Å². The Labute approximate surface area is 108 Å². The Bertz CT molecular complexity index is 452. The minimum absolute atomic E-state index is 0.140. The van der Waals surface area contributed by atoms with Crippen molar-refractivity contribution in [2.24, 2.45) is 0 Å². The van der Waals surface area contributed by atoms with Crippen molar-refractivity contribution >= 4 is 11.6 Å². The van der Waals surface area contributed by atoms with E-state index in [9.17, 15) is 18.3 Å². The molecule has 0 radical (unpaired) electrons. The Morgan fingerprint density at radius 1 is 1.47 bits per heavy atom. The van der Waals surface area contributed by atoms with E-state index in [1.807, 2.05) is 0 Å². The summed E-state index contributed by atoms with van der Waals surface area (Å²) in [6, 6.07) is 1.47. The first-order valence-corrected chi connectivity index (χ1v) is 6.03. The highest BCUT2D eigenvalue weighted by atomic mass is 19.4. The smallest absolute Gasteiger partial charge is 0.391 e. The quantitative estimate of drug-likeness (QED) is 0.876. The Morgan fingerprint density at radius 3 is 2.74 bits per heavy atom. The van der Waals surface area contributed by atoms with Gasteiger partial charge in [0, 0.05) is 25.7 Å². The van der Waals surface area contributed by atoms with Crippen LogP contribution in [0.1, 0.15) is 19.2 Å². The number of rotatable bonds is 3. The normalized spacial score (nSPS) is 19.8. The third-order valence-electron chi connectivity index (χ3n) is 2.81. The van der Waals surface area contributed by atoms with Gasteiger partial charge in [-0.1, -0.05) is 0 Å². The van der Waals surface area contributed by atoms with Gasteiger partial charge < -0.3 is 15.3 Å². The molecule has 106 valence electrons. The number of alkyl halides is 3. The molecule has 0 aliphatic carbocycles. The number of β-amino-alcohol motifs (C(OH)–C–C–N with tert-alkyl or cyclic N) is 1. The summed E-state index contributed by atoms with van der Waals surface area (Å²) >= 11 is 0. The number of nitrogens with one attached hydrogen (secondary N) is 1. The minimum atomic E-state index is -4.58. The molecule has 0 saturated carbocycles. The second-order valence-electron chi connectivity index (χ2n) is 4.35. The van der Waals surface area contributed by atoms with Gasteiger partial charge in [0.25, 0.3) is 0 Å². The number of aliphatic hydroxyl groups excluding tert-OH is 1. The van der Waals surface area contributed by atoms with Crippen LogP contribution in [-0.2, 0) is 6.18 Å². The molecule has 0 aromatic carbocycles. The molecule has 5 nitrogen and oxygen atoms in total. The first-order chi connectivity index (χ1) is 8.90. The van der Waals surface area contributed by atoms with Crippen LogP contribution in [0.2, 0.25) is 0 Å². The fourth-order valence-corrected chi connectivity index (χ4v) is 1.94. The molecular weight excluding hydrogens is 261 g/mol. The van der Waals surface area contributed by atoms with Crippen molar-refractivity contribution in [2.45, 2.75) is 25.6 Å². The summed E-state index contributed by atoms with van der Waals surface area (Å²) < 4.78 is 38.2. The fourth-order valence-electron chi connectivity index (χ4n) is 1.94. The van der Waals surface area contributed by atoms with Crippen LogP contribution in [-0.4, -0.2) is 40.8 Å². The van der Waals surface area contributed by atoms with Crippen LogP contribution < -0.4 is 10.2 Å². The van der Waals surface area contributed by atoms with Gasteiger partial charge in [0.05, 0.1) is 6.10 Å². The second-order valence-corrected chi connectivity index (χ2v) is 4.35. The molecule has 1 fully saturated rings. The van der Waals surface area contributed by atoms with Gasteiger partial charge in [0.15, 0.2) is 0 Å². The molecule has 1 atom stereocenters. The number of nitrogens with zero attached hydrogens (tertiary/aromatic N) is 3. The van der Waals surface area contributed by atoms with Gasteiger partial charge in [-0.2, -0.15) is 13.2 Å². The lowest BCUT2D eigenvalue weighted by Crippen LogP contribution is -2.24. The van der Waals surface area contributed by atoms with Gasteiger partial charge in [-0.3, -0.25) is 0 Å². The van der Waals surface area contributed by atoms with Gasteiger partial charge >= 0.3 is 6.18 Å². The predicted octanol–water partition coefficient (Wildman–Crippen LogP) is 1.50. The maximum atomic E-state index is 12.7. The molecule has 0 amide bonds. The molecule has 19 heavy (non-hydrogen) atoms. The van der Waals surface area contributed by atoms with Crippen molar-refractivity contribution in [3.05, 3.63) is 11.9 Å². The number of aliphatic hydroxyl groups is 1.